The van der Waals surface area contributed by atoms with E-state index in [9.17, 15) is 18.0 Å². The van der Waals surface area contributed by atoms with E-state index < -0.39 is 17.6 Å². The van der Waals surface area contributed by atoms with Gasteiger partial charge in [0.2, 0.25) is 0 Å². The van der Waals surface area contributed by atoms with E-state index in [-0.39, 0.29) is 11.3 Å². The number of aromatic nitrogens is 2. The minimum absolute atomic E-state index is 0.0535. The van der Waals surface area contributed by atoms with Crippen molar-refractivity contribution in [1.29, 1.82) is 0 Å². The highest BCUT2D eigenvalue weighted by Gasteiger charge is 2.30. The van der Waals surface area contributed by atoms with Crippen molar-refractivity contribution >= 4 is 29.0 Å². The maximum Gasteiger partial charge on any atom is 0.416 e. The normalized spacial score (nSPS) is 11.4. The second-order valence-corrected chi connectivity index (χ2v) is 7.39. The Morgan fingerprint density at radius 3 is 2.31 bits per heavy atom. The predicted octanol–water partition coefficient (Wildman–Crippen LogP) is 6.05. The second-order valence-electron chi connectivity index (χ2n) is 6.95. The van der Waals surface area contributed by atoms with Crippen molar-refractivity contribution in [3.8, 4) is 16.9 Å². The molecule has 5 nitrogen and oxygen atoms in total. The molecule has 0 aliphatic heterocycles. The number of carbonyl (C=O) groups is 1. The number of amides is 1. The minimum Gasteiger partial charge on any atom is -0.384 e. The molecule has 0 saturated carbocycles. The summed E-state index contributed by atoms with van der Waals surface area (Å²) in [6, 6.07) is 19.7. The zero-order valence-corrected chi connectivity index (χ0v) is 17.2. The first-order valence-electron chi connectivity index (χ1n) is 9.41. The molecule has 0 saturated heterocycles. The van der Waals surface area contributed by atoms with Gasteiger partial charge in [-0.1, -0.05) is 29.8 Å². The van der Waals surface area contributed by atoms with Crippen LogP contribution in [0.1, 0.15) is 15.9 Å². The first kappa shape index (κ1) is 21.5. The molecule has 0 bridgehead atoms. The number of hydrogen-bond donors (Lipinski definition) is 2. The number of rotatable bonds is 4. The lowest BCUT2D eigenvalue weighted by Gasteiger charge is -2.10. The van der Waals surface area contributed by atoms with Crippen molar-refractivity contribution in [1.82, 2.24) is 9.78 Å². The highest BCUT2D eigenvalue weighted by Crippen LogP contribution is 2.31. The van der Waals surface area contributed by atoms with Crippen LogP contribution in [0.5, 0.6) is 0 Å². The lowest BCUT2D eigenvalue weighted by Crippen LogP contribution is -2.13. The van der Waals surface area contributed by atoms with Gasteiger partial charge in [0.15, 0.2) is 0 Å². The predicted molar refractivity (Wildman–Crippen MR) is 118 cm³/mol. The zero-order valence-electron chi connectivity index (χ0n) is 16.4. The van der Waals surface area contributed by atoms with Gasteiger partial charge in [0.1, 0.15) is 5.82 Å². The van der Waals surface area contributed by atoms with Crippen LogP contribution >= 0.6 is 11.6 Å². The van der Waals surface area contributed by atoms with E-state index in [4.69, 9.17) is 17.3 Å². The average molecular weight is 457 g/mol. The number of carbonyl (C=O) groups excluding carboxylic acids is 1. The van der Waals surface area contributed by atoms with E-state index in [1.807, 2.05) is 12.1 Å². The Kier molecular flexibility index (Phi) is 5.63. The third kappa shape index (κ3) is 4.60. The van der Waals surface area contributed by atoms with Crippen molar-refractivity contribution in [3.05, 3.63) is 95.0 Å². The summed E-state index contributed by atoms with van der Waals surface area (Å²) in [7, 11) is 0. The van der Waals surface area contributed by atoms with E-state index >= 15 is 0 Å². The Morgan fingerprint density at radius 1 is 0.969 bits per heavy atom. The summed E-state index contributed by atoms with van der Waals surface area (Å²) in [6.07, 6.45) is -4.49. The number of nitrogen functional groups attached to an aromatic ring is 1. The number of hydrogen-bond acceptors (Lipinski definition) is 3. The van der Waals surface area contributed by atoms with Crippen molar-refractivity contribution in [2.45, 2.75) is 6.18 Å². The molecule has 0 aliphatic rings. The highest BCUT2D eigenvalue weighted by atomic mass is 35.5. The Morgan fingerprint density at radius 2 is 1.66 bits per heavy atom. The molecular weight excluding hydrogens is 441 g/mol. The molecule has 0 radical (unpaired) electrons. The van der Waals surface area contributed by atoms with Gasteiger partial charge in [-0.25, -0.2) is 4.68 Å². The van der Waals surface area contributed by atoms with Crippen molar-refractivity contribution in [2.75, 3.05) is 11.1 Å². The molecule has 3 N–H and O–H groups in total. The maximum atomic E-state index is 12.9. The number of nitrogens with two attached hydrogens (primary N) is 1. The summed E-state index contributed by atoms with van der Waals surface area (Å²) in [6.45, 7) is 0. The smallest absolute Gasteiger partial charge is 0.384 e. The fourth-order valence-electron chi connectivity index (χ4n) is 3.09. The summed E-state index contributed by atoms with van der Waals surface area (Å²) >= 11 is 5.92. The van der Waals surface area contributed by atoms with Crippen molar-refractivity contribution in [3.63, 3.8) is 0 Å². The largest absolute Gasteiger partial charge is 0.416 e. The van der Waals surface area contributed by atoms with Gasteiger partial charge in [0.05, 0.1) is 16.9 Å². The lowest BCUT2D eigenvalue weighted by atomic mass is 10.1. The fourth-order valence-corrected chi connectivity index (χ4v) is 3.22. The standard InChI is InChI=1S/C23H16ClF3N4O/c24-17-8-4-14(5-9-17)20-13-21(28)31(30-20)19-10-6-15(7-11-19)22(32)29-18-3-1-2-16(12-18)23(25,26)27/h1-13H,28H2,(H,29,32). The third-order valence-electron chi connectivity index (χ3n) is 4.70. The van der Waals surface area contributed by atoms with Crippen LogP contribution in [0.4, 0.5) is 24.7 Å². The van der Waals surface area contributed by atoms with Crippen molar-refractivity contribution in [2.24, 2.45) is 0 Å². The van der Waals surface area contributed by atoms with Gasteiger partial charge in [-0.2, -0.15) is 18.3 Å². The molecule has 9 heteroatoms. The topological polar surface area (TPSA) is 72.9 Å². The molecule has 4 aromatic rings. The fraction of sp³-hybridized carbons (Fsp3) is 0.0435. The van der Waals surface area contributed by atoms with Gasteiger partial charge in [-0.05, 0) is 54.6 Å². The highest BCUT2D eigenvalue weighted by molar-refractivity contribution is 6.30. The zero-order chi connectivity index (χ0) is 22.9. The van der Waals surface area contributed by atoms with Crippen LogP contribution < -0.4 is 11.1 Å². The van der Waals surface area contributed by atoms with Crippen LogP contribution in [0.15, 0.2) is 78.9 Å². The monoisotopic (exact) mass is 456 g/mol. The van der Waals surface area contributed by atoms with E-state index in [0.29, 0.717) is 22.2 Å². The Hall–Kier alpha value is -3.78. The molecule has 162 valence electrons. The first-order valence-corrected chi connectivity index (χ1v) is 9.79. The molecule has 0 fully saturated rings. The van der Waals surface area contributed by atoms with E-state index in [1.165, 1.54) is 16.8 Å². The van der Waals surface area contributed by atoms with Crippen LogP contribution in [-0.2, 0) is 6.18 Å². The molecule has 0 aliphatic carbocycles. The number of benzene rings is 3. The van der Waals surface area contributed by atoms with Crippen molar-refractivity contribution < 1.29 is 18.0 Å². The number of alkyl halides is 3. The van der Waals surface area contributed by atoms with Gasteiger partial charge in [0, 0.05) is 27.9 Å². The molecular formula is C23H16ClF3N4O. The van der Waals surface area contributed by atoms with Crippen LogP contribution in [-0.4, -0.2) is 15.7 Å². The van der Waals surface area contributed by atoms with E-state index in [0.717, 1.165) is 17.7 Å². The van der Waals surface area contributed by atoms with Crippen LogP contribution in [0.25, 0.3) is 16.9 Å². The average Bonchev–Trinajstić information content (AvgIpc) is 3.15. The van der Waals surface area contributed by atoms with Gasteiger partial charge in [-0.3, -0.25) is 4.79 Å². The quantitative estimate of drug-likeness (QED) is 0.393. The second kappa shape index (κ2) is 8.39. The SMILES string of the molecule is Nc1cc(-c2ccc(Cl)cc2)nn1-c1ccc(C(=O)Nc2cccc(C(F)(F)F)c2)cc1. The number of anilines is 2. The first-order chi connectivity index (χ1) is 15.2. The van der Waals surface area contributed by atoms with Gasteiger partial charge in [-0.15, -0.1) is 0 Å². The minimum atomic E-state index is -4.49. The molecule has 0 atom stereocenters. The van der Waals surface area contributed by atoms with E-state index in [1.54, 1.807) is 42.5 Å². The number of halogens is 4. The third-order valence-corrected chi connectivity index (χ3v) is 4.95. The molecule has 0 spiro atoms. The summed E-state index contributed by atoms with van der Waals surface area (Å²) < 4.78 is 40.1. The molecule has 32 heavy (non-hydrogen) atoms. The van der Waals surface area contributed by atoms with Crippen LogP contribution in [0.3, 0.4) is 0 Å². The number of nitrogens with one attached hydrogen (secondary N) is 1. The molecule has 4 rings (SSSR count). The lowest BCUT2D eigenvalue weighted by molar-refractivity contribution is -0.137. The van der Waals surface area contributed by atoms with E-state index in [2.05, 4.69) is 10.4 Å². The van der Waals surface area contributed by atoms with Gasteiger partial charge >= 0.3 is 6.18 Å². The van der Waals surface area contributed by atoms with Gasteiger partial charge in [0.25, 0.3) is 5.91 Å². The summed E-state index contributed by atoms with van der Waals surface area (Å²) in [5.41, 5.74) is 7.71. The van der Waals surface area contributed by atoms with Gasteiger partial charge < -0.3 is 11.1 Å². The Labute approximate surface area is 186 Å². The Balaban J connectivity index is 1.52. The maximum absolute atomic E-state index is 12.9. The molecule has 0 unspecified atom stereocenters. The molecule has 1 aromatic heterocycles. The van der Waals surface area contributed by atoms with Crippen LogP contribution in [0.2, 0.25) is 5.02 Å². The summed E-state index contributed by atoms with van der Waals surface area (Å²) in [5, 5.41) is 7.58. The Bertz CT molecular complexity index is 1270. The molecule has 1 amide bonds. The molecule has 3 aromatic carbocycles. The summed E-state index contributed by atoms with van der Waals surface area (Å²) in [5.74, 6) is -0.137. The van der Waals surface area contributed by atoms with Crippen LogP contribution in [0, 0.1) is 0 Å². The molecule has 1 heterocycles. The number of nitrogens with zero attached hydrogens (tertiary/aromatic N) is 2. The summed E-state index contributed by atoms with van der Waals surface area (Å²) in [4.78, 5) is 12.5.